The van der Waals surface area contributed by atoms with Gasteiger partial charge in [0.1, 0.15) is 11.5 Å². The molecule has 0 radical (unpaired) electrons. The van der Waals surface area contributed by atoms with Crippen molar-refractivity contribution in [3.05, 3.63) is 87.0 Å². The van der Waals surface area contributed by atoms with Gasteiger partial charge in [-0.3, -0.25) is 14.9 Å². The molecule has 8 heteroatoms. The van der Waals surface area contributed by atoms with Gasteiger partial charge in [0.2, 0.25) is 0 Å². The van der Waals surface area contributed by atoms with Crippen LogP contribution in [0.25, 0.3) is 5.69 Å². The maximum absolute atomic E-state index is 14.2. The molecule has 0 fully saturated rings. The largest absolute Gasteiger partial charge is 0.346 e. The van der Waals surface area contributed by atoms with E-state index >= 15 is 0 Å². The van der Waals surface area contributed by atoms with Gasteiger partial charge in [0, 0.05) is 29.4 Å². The second-order valence-corrected chi connectivity index (χ2v) is 6.56. The number of hydrogen-bond donors (Lipinski definition) is 1. The Morgan fingerprint density at radius 2 is 1.93 bits per heavy atom. The summed E-state index contributed by atoms with van der Waals surface area (Å²) in [5, 5.41) is 18.2. The number of nitrogens with one attached hydrogen (secondary N) is 1. The van der Waals surface area contributed by atoms with E-state index in [-0.39, 0.29) is 17.9 Å². The number of nitrogens with zero attached hydrogens (tertiary/aromatic N) is 3. The Morgan fingerprint density at radius 3 is 2.71 bits per heavy atom. The van der Waals surface area contributed by atoms with Gasteiger partial charge in [0.15, 0.2) is 5.69 Å². The van der Waals surface area contributed by atoms with E-state index in [1.165, 1.54) is 16.8 Å². The molecule has 0 aliphatic heterocycles. The van der Waals surface area contributed by atoms with Crippen molar-refractivity contribution in [1.82, 2.24) is 15.1 Å². The second kappa shape index (κ2) is 7.22. The minimum absolute atomic E-state index is 0.0112. The smallest absolute Gasteiger partial charge is 0.274 e. The number of carbonyl (C=O) groups is 1. The van der Waals surface area contributed by atoms with Crippen LogP contribution in [-0.4, -0.2) is 20.6 Å². The zero-order valence-corrected chi connectivity index (χ0v) is 14.9. The van der Waals surface area contributed by atoms with E-state index in [1.807, 2.05) is 0 Å². The van der Waals surface area contributed by atoms with Crippen LogP contribution in [0.15, 0.2) is 48.5 Å². The first-order valence-corrected chi connectivity index (χ1v) is 8.92. The standard InChI is InChI=1S/C20H17FN4O3/c21-15-8-2-4-10-18(15)24-17-11-5-7-14(17)19(23-24)20(26)22-12-13-6-1-3-9-16(13)25(27)28/h1-4,6,8-10H,5,7,11-12H2,(H,22,26). The molecule has 1 amide bonds. The predicted octanol–water partition coefficient (Wildman–Crippen LogP) is 3.34. The highest BCUT2D eigenvalue weighted by molar-refractivity contribution is 5.94. The van der Waals surface area contributed by atoms with Crippen molar-refractivity contribution in [3.63, 3.8) is 0 Å². The lowest BCUT2D eigenvalue weighted by Gasteiger charge is -2.07. The summed E-state index contributed by atoms with van der Waals surface area (Å²) in [5.41, 5.74) is 2.55. The SMILES string of the molecule is O=C(NCc1ccccc1[N+](=O)[O-])c1nn(-c2ccccc2F)c2c1CCC2. The number of halogens is 1. The molecule has 0 saturated carbocycles. The molecule has 1 aliphatic rings. The van der Waals surface area contributed by atoms with Crippen LogP contribution in [0.4, 0.5) is 10.1 Å². The Labute approximate surface area is 160 Å². The maximum atomic E-state index is 14.2. The topological polar surface area (TPSA) is 90.1 Å². The first-order valence-electron chi connectivity index (χ1n) is 8.92. The fourth-order valence-corrected chi connectivity index (χ4v) is 3.54. The highest BCUT2D eigenvalue weighted by Gasteiger charge is 2.28. The monoisotopic (exact) mass is 380 g/mol. The molecule has 1 aromatic heterocycles. The van der Waals surface area contributed by atoms with Crippen LogP contribution < -0.4 is 5.32 Å². The van der Waals surface area contributed by atoms with Crippen molar-refractivity contribution in [3.8, 4) is 5.69 Å². The average molecular weight is 380 g/mol. The normalized spacial score (nSPS) is 12.6. The lowest BCUT2D eigenvalue weighted by Crippen LogP contribution is -2.25. The fraction of sp³-hybridized carbons (Fsp3) is 0.200. The van der Waals surface area contributed by atoms with Crippen LogP contribution in [0, 0.1) is 15.9 Å². The lowest BCUT2D eigenvalue weighted by molar-refractivity contribution is -0.385. The summed E-state index contributed by atoms with van der Waals surface area (Å²) < 4.78 is 15.7. The number of rotatable bonds is 5. The van der Waals surface area contributed by atoms with Gasteiger partial charge in [-0.25, -0.2) is 9.07 Å². The molecule has 28 heavy (non-hydrogen) atoms. The number of benzene rings is 2. The van der Waals surface area contributed by atoms with E-state index in [9.17, 15) is 19.3 Å². The number of nitro groups is 1. The Bertz CT molecular complexity index is 1080. The molecule has 7 nitrogen and oxygen atoms in total. The molecule has 4 rings (SSSR count). The number of nitro benzene ring substituents is 1. The quantitative estimate of drug-likeness (QED) is 0.543. The number of hydrogen-bond acceptors (Lipinski definition) is 4. The first-order chi connectivity index (χ1) is 13.6. The molecule has 2 aromatic carbocycles. The highest BCUT2D eigenvalue weighted by atomic mass is 19.1. The van der Waals surface area contributed by atoms with Gasteiger partial charge >= 0.3 is 0 Å². The molecule has 1 aliphatic carbocycles. The zero-order chi connectivity index (χ0) is 19.7. The van der Waals surface area contributed by atoms with Crippen LogP contribution in [-0.2, 0) is 19.4 Å². The summed E-state index contributed by atoms with van der Waals surface area (Å²) in [5.74, 6) is -0.835. The van der Waals surface area contributed by atoms with Gasteiger partial charge in [-0.1, -0.05) is 30.3 Å². The lowest BCUT2D eigenvalue weighted by atomic mass is 10.1. The number of aromatic nitrogens is 2. The Morgan fingerprint density at radius 1 is 1.18 bits per heavy atom. The van der Waals surface area contributed by atoms with Gasteiger partial charge in [0.25, 0.3) is 11.6 Å². The van der Waals surface area contributed by atoms with Crippen molar-refractivity contribution >= 4 is 11.6 Å². The maximum Gasteiger partial charge on any atom is 0.274 e. The van der Waals surface area contributed by atoms with E-state index in [2.05, 4.69) is 10.4 Å². The molecule has 142 valence electrons. The summed E-state index contributed by atoms with van der Waals surface area (Å²) >= 11 is 0. The molecular formula is C20H17FN4O3. The van der Waals surface area contributed by atoms with Crippen LogP contribution >= 0.6 is 0 Å². The third-order valence-corrected chi connectivity index (χ3v) is 4.85. The van der Waals surface area contributed by atoms with Crippen molar-refractivity contribution in [2.45, 2.75) is 25.8 Å². The minimum Gasteiger partial charge on any atom is -0.346 e. The van der Waals surface area contributed by atoms with Gasteiger partial charge in [-0.2, -0.15) is 5.10 Å². The van der Waals surface area contributed by atoms with Crippen molar-refractivity contribution in [2.75, 3.05) is 0 Å². The van der Waals surface area contributed by atoms with Gasteiger partial charge in [0.05, 0.1) is 4.92 Å². The molecule has 0 bridgehead atoms. The van der Waals surface area contributed by atoms with Crippen LogP contribution in [0.1, 0.15) is 33.7 Å². The van der Waals surface area contributed by atoms with Gasteiger partial charge in [-0.05, 0) is 31.4 Å². The summed E-state index contributed by atoms with van der Waals surface area (Å²) in [4.78, 5) is 23.4. The van der Waals surface area contributed by atoms with Gasteiger partial charge in [-0.15, -0.1) is 0 Å². The number of fused-ring (bicyclic) bond motifs is 1. The highest BCUT2D eigenvalue weighted by Crippen LogP contribution is 2.28. The fourth-order valence-electron chi connectivity index (χ4n) is 3.54. The number of amides is 1. The minimum atomic E-state index is -0.480. The summed E-state index contributed by atoms with van der Waals surface area (Å²) in [7, 11) is 0. The molecule has 0 unspecified atom stereocenters. The molecule has 0 atom stereocenters. The second-order valence-electron chi connectivity index (χ2n) is 6.56. The van der Waals surface area contributed by atoms with Crippen molar-refractivity contribution in [2.24, 2.45) is 0 Å². The third-order valence-electron chi connectivity index (χ3n) is 4.85. The molecule has 0 spiro atoms. The van der Waals surface area contributed by atoms with Crippen LogP contribution in [0.2, 0.25) is 0 Å². The summed E-state index contributed by atoms with van der Waals surface area (Å²) in [6.07, 6.45) is 2.28. The summed E-state index contributed by atoms with van der Waals surface area (Å²) in [6, 6.07) is 12.5. The van der Waals surface area contributed by atoms with Crippen LogP contribution in [0.5, 0.6) is 0 Å². The molecule has 1 N–H and O–H groups in total. The molecule has 0 saturated heterocycles. The van der Waals surface area contributed by atoms with E-state index in [4.69, 9.17) is 0 Å². The van der Waals surface area contributed by atoms with E-state index in [0.717, 1.165) is 17.7 Å². The first kappa shape index (κ1) is 17.8. The molecule has 1 heterocycles. The van der Waals surface area contributed by atoms with Crippen molar-refractivity contribution in [1.29, 1.82) is 0 Å². The predicted molar refractivity (Wildman–Crippen MR) is 99.8 cm³/mol. The average Bonchev–Trinajstić information content (AvgIpc) is 3.29. The van der Waals surface area contributed by atoms with E-state index < -0.39 is 16.6 Å². The van der Waals surface area contributed by atoms with E-state index in [0.29, 0.717) is 24.1 Å². The third kappa shape index (κ3) is 3.13. The number of carbonyl (C=O) groups excluding carboxylic acids is 1. The van der Waals surface area contributed by atoms with E-state index in [1.54, 1.807) is 36.4 Å². The number of para-hydroxylation sites is 2. The summed E-state index contributed by atoms with van der Waals surface area (Å²) in [6.45, 7) is 0.0112. The van der Waals surface area contributed by atoms with Crippen molar-refractivity contribution < 1.29 is 14.1 Å². The Balaban J connectivity index is 1.62. The Hall–Kier alpha value is -3.55. The van der Waals surface area contributed by atoms with Gasteiger partial charge < -0.3 is 5.32 Å². The molecular weight excluding hydrogens is 363 g/mol. The van der Waals surface area contributed by atoms with Crippen LogP contribution in [0.3, 0.4) is 0 Å². The molecule has 3 aromatic rings. The zero-order valence-electron chi connectivity index (χ0n) is 14.9. The Kier molecular flexibility index (Phi) is 4.60.